The van der Waals surface area contributed by atoms with Gasteiger partial charge in [0, 0.05) is 6.54 Å². The van der Waals surface area contributed by atoms with Gasteiger partial charge in [-0.2, -0.15) is 0 Å². The molecule has 0 aromatic heterocycles. The third-order valence-electron chi connectivity index (χ3n) is 1.91. The highest BCUT2D eigenvalue weighted by atomic mass is 16.4. The minimum absolute atomic E-state index is 0.576. The van der Waals surface area contributed by atoms with E-state index in [1.807, 2.05) is 0 Å². The molecule has 0 atom stereocenters. The highest BCUT2D eigenvalue weighted by Crippen LogP contribution is 2.03. The van der Waals surface area contributed by atoms with E-state index in [-0.39, 0.29) is 0 Å². The lowest BCUT2D eigenvalue weighted by Gasteiger charge is -2.01. The van der Waals surface area contributed by atoms with E-state index < -0.39 is 6.09 Å². The van der Waals surface area contributed by atoms with E-state index in [4.69, 9.17) is 10.8 Å². The SMILES string of the molecule is NCCCCCCCCNC(=O)O. The van der Waals surface area contributed by atoms with Crippen LogP contribution in [0.1, 0.15) is 38.5 Å². The fourth-order valence-electron chi connectivity index (χ4n) is 1.17. The fourth-order valence-corrected chi connectivity index (χ4v) is 1.17. The second-order valence-electron chi connectivity index (χ2n) is 3.14. The summed E-state index contributed by atoms with van der Waals surface area (Å²) in [7, 11) is 0. The monoisotopic (exact) mass is 188 g/mol. The topological polar surface area (TPSA) is 75.3 Å². The van der Waals surface area contributed by atoms with E-state index >= 15 is 0 Å². The van der Waals surface area contributed by atoms with Crippen molar-refractivity contribution in [3.8, 4) is 0 Å². The molecule has 0 aliphatic carbocycles. The Balaban J connectivity index is 2.87. The van der Waals surface area contributed by atoms with Gasteiger partial charge in [0.05, 0.1) is 0 Å². The van der Waals surface area contributed by atoms with Gasteiger partial charge in [-0.3, -0.25) is 0 Å². The van der Waals surface area contributed by atoms with E-state index in [0.717, 1.165) is 25.8 Å². The maximum absolute atomic E-state index is 10.0. The van der Waals surface area contributed by atoms with Crippen LogP contribution in [0.2, 0.25) is 0 Å². The summed E-state index contributed by atoms with van der Waals surface area (Å²) in [6.45, 7) is 1.35. The van der Waals surface area contributed by atoms with Crippen molar-refractivity contribution in [2.75, 3.05) is 13.1 Å². The molecular weight excluding hydrogens is 168 g/mol. The van der Waals surface area contributed by atoms with Crippen molar-refractivity contribution in [1.82, 2.24) is 5.32 Å². The highest BCUT2D eigenvalue weighted by Gasteiger charge is 1.93. The van der Waals surface area contributed by atoms with Gasteiger partial charge in [-0.1, -0.05) is 25.7 Å². The van der Waals surface area contributed by atoms with Crippen LogP contribution in [-0.2, 0) is 0 Å². The third-order valence-corrected chi connectivity index (χ3v) is 1.91. The quantitative estimate of drug-likeness (QED) is 0.506. The molecule has 0 saturated heterocycles. The van der Waals surface area contributed by atoms with Gasteiger partial charge < -0.3 is 16.2 Å². The summed E-state index contributed by atoms with van der Waals surface area (Å²) in [6.07, 6.45) is 5.81. The van der Waals surface area contributed by atoms with Crippen molar-refractivity contribution in [2.24, 2.45) is 5.73 Å². The van der Waals surface area contributed by atoms with Crippen molar-refractivity contribution < 1.29 is 9.90 Å². The zero-order valence-corrected chi connectivity index (χ0v) is 8.09. The second-order valence-corrected chi connectivity index (χ2v) is 3.14. The second kappa shape index (κ2) is 9.32. The third kappa shape index (κ3) is 11.2. The molecule has 4 heteroatoms. The van der Waals surface area contributed by atoms with E-state index in [2.05, 4.69) is 5.32 Å². The minimum Gasteiger partial charge on any atom is -0.465 e. The van der Waals surface area contributed by atoms with Gasteiger partial charge in [-0.15, -0.1) is 0 Å². The number of nitrogens with two attached hydrogens (primary N) is 1. The number of carbonyl (C=O) groups is 1. The summed E-state index contributed by atoms with van der Waals surface area (Å²) in [4.78, 5) is 10.0. The molecule has 0 spiro atoms. The Morgan fingerprint density at radius 1 is 1.08 bits per heavy atom. The van der Waals surface area contributed by atoms with E-state index in [1.165, 1.54) is 19.3 Å². The Hall–Kier alpha value is -0.770. The lowest BCUT2D eigenvalue weighted by atomic mass is 10.1. The fraction of sp³-hybridized carbons (Fsp3) is 0.889. The molecule has 0 saturated carbocycles. The Bertz CT molecular complexity index is 129. The first-order valence-electron chi connectivity index (χ1n) is 4.94. The first kappa shape index (κ1) is 12.2. The first-order chi connectivity index (χ1) is 6.27. The lowest BCUT2D eigenvalue weighted by Crippen LogP contribution is -2.21. The molecule has 0 heterocycles. The van der Waals surface area contributed by atoms with Crippen molar-refractivity contribution in [3.05, 3.63) is 0 Å². The van der Waals surface area contributed by atoms with Crippen LogP contribution in [0.5, 0.6) is 0 Å². The van der Waals surface area contributed by atoms with Crippen molar-refractivity contribution in [3.63, 3.8) is 0 Å². The number of nitrogens with one attached hydrogen (secondary N) is 1. The van der Waals surface area contributed by atoms with Gasteiger partial charge >= 0.3 is 6.09 Å². The van der Waals surface area contributed by atoms with Crippen LogP contribution in [0.4, 0.5) is 4.79 Å². The van der Waals surface area contributed by atoms with Crippen LogP contribution < -0.4 is 11.1 Å². The molecule has 13 heavy (non-hydrogen) atoms. The zero-order chi connectivity index (χ0) is 9.94. The molecule has 0 aliphatic heterocycles. The molecule has 0 rings (SSSR count). The van der Waals surface area contributed by atoms with Crippen LogP contribution in [0.3, 0.4) is 0 Å². The standard InChI is InChI=1S/C9H20N2O2/c10-7-5-3-1-2-4-6-8-11-9(12)13/h11H,1-8,10H2,(H,12,13). The number of rotatable bonds is 8. The largest absolute Gasteiger partial charge is 0.465 e. The molecule has 4 N–H and O–H groups in total. The Labute approximate surface area is 79.5 Å². The minimum atomic E-state index is -0.928. The average Bonchev–Trinajstić information content (AvgIpc) is 2.09. The molecular formula is C9H20N2O2. The molecule has 0 aromatic carbocycles. The van der Waals surface area contributed by atoms with E-state index in [0.29, 0.717) is 6.54 Å². The van der Waals surface area contributed by atoms with Gasteiger partial charge in [0.1, 0.15) is 0 Å². The van der Waals surface area contributed by atoms with E-state index in [9.17, 15) is 4.79 Å². The lowest BCUT2D eigenvalue weighted by molar-refractivity contribution is 0.194. The average molecular weight is 188 g/mol. The van der Waals surface area contributed by atoms with Gasteiger partial charge in [-0.25, -0.2) is 4.79 Å². The van der Waals surface area contributed by atoms with Crippen LogP contribution in [0, 0.1) is 0 Å². The smallest absolute Gasteiger partial charge is 0.404 e. The maximum Gasteiger partial charge on any atom is 0.404 e. The van der Waals surface area contributed by atoms with Gasteiger partial charge in [-0.05, 0) is 19.4 Å². The molecule has 0 fully saturated rings. The van der Waals surface area contributed by atoms with Crippen LogP contribution in [0.15, 0.2) is 0 Å². The molecule has 0 aliphatic rings. The molecule has 4 nitrogen and oxygen atoms in total. The molecule has 0 unspecified atom stereocenters. The predicted molar refractivity (Wildman–Crippen MR) is 52.8 cm³/mol. The number of unbranched alkanes of at least 4 members (excludes halogenated alkanes) is 5. The van der Waals surface area contributed by atoms with Crippen molar-refractivity contribution >= 4 is 6.09 Å². The van der Waals surface area contributed by atoms with Crippen LogP contribution >= 0.6 is 0 Å². The van der Waals surface area contributed by atoms with Crippen molar-refractivity contribution in [1.29, 1.82) is 0 Å². The normalized spacial score (nSPS) is 9.92. The molecule has 0 bridgehead atoms. The van der Waals surface area contributed by atoms with Crippen molar-refractivity contribution in [2.45, 2.75) is 38.5 Å². The Kier molecular flexibility index (Phi) is 8.77. The number of amides is 1. The Morgan fingerprint density at radius 2 is 1.62 bits per heavy atom. The molecule has 0 radical (unpaired) electrons. The summed E-state index contributed by atoms with van der Waals surface area (Å²) in [5.74, 6) is 0. The molecule has 1 amide bonds. The Morgan fingerprint density at radius 3 is 2.15 bits per heavy atom. The number of carboxylic acid groups (broad SMARTS) is 1. The van der Waals surface area contributed by atoms with Gasteiger partial charge in [0.25, 0.3) is 0 Å². The summed E-state index contributed by atoms with van der Waals surface area (Å²) < 4.78 is 0. The van der Waals surface area contributed by atoms with E-state index in [1.54, 1.807) is 0 Å². The molecule has 0 aromatic rings. The zero-order valence-electron chi connectivity index (χ0n) is 8.09. The van der Waals surface area contributed by atoms with Crippen LogP contribution in [0.25, 0.3) is 0 Å². The van der Waals surface area contributed by atoms with Gasteiger partial charge in [0.15, 0.2) is 0 Å². The summed E-state index contributed by atoms with van der Waals surface area (Å²) >= 11 is 0. The first-order valence-corrected chi connectivity index (χ1v) is 4.94. The highest BCUT2D eigenvalue weighted by molar-refractivity contribution is 5.64. The maximum atomic E-state index is 10.0. The molecule has 78 valence electrons. The predicted octanol–water partition coefficient (Wildman–Crippen LogP) is 1.55. The summed E-state index contributed by atoms with van der Waals surface area (Å²) in [5.41, 5.74) is 5.35. The number of hydrogen-bond donors (Lipinski definition) is 3. The number of hydrogen-bond acceptors (Lipinski definition) is 2. The summed E-state index contributed by atoms with van der Waals surface area (Å²) in [5, 5.41) is 10.6. The summed E-state index contributed by atoms with van der Waals surface area (Å²) in [6, 6.07) is 0. The van der Waals surface area contributed by atoms with Crippen LogP contribution in [-0.4, -0.2) is 24.3 Å². The van der Waals surface area contributed by atoms with Gasteiger partial charge in [0.2, 0.25) is 0 Å².